The first-order chi connectivity index (χ1) is 10.6. The Morgan fingerprint density at radius 1 is 1.09 bits per heavy atom. The highest BCUT2D eigenvalue weighted by atomic mass is 19.2. The average Bonchev–Trinajstić information content (AvgIpc) is 2.51. The Labute approximate surface area is 127 Å². The molecule has 2 aromatic rings. The van der Waals surface area contributed by atoms with Gasteiger partial charge in [-0.25, -0.2) is 8.78 Å². The van der Waals surface area contributed by atoms with Crippen LogP contribution in [0.25, 0.3) is 0 Å². The van der Waals surface area contributed by atoms with E-state index in [9.17, 15) is 13.6 Å². The predicted octanol–water partition coefficient (Wildman–Crippen LogP) is 2.75. The van der Waals surface area contributed by atoms with Crippen LogP contribution < -0.4 is 5.32 Å². The minimum atomic E-state index is -0.972. The van der Waals surface area contributed by atoms with Crippen LogP contribution in [0.5, 0.6) is 0 Å². The molecule has 0 bridgehead atoms. The van der Waals surface area contributed by atoms with Crippen molar-refractivity contribution in [3.05, 3.63) is 71.3 Å². The Kier molecular flexibility index (Phi) is 5.61. The van der Waals surface area contributed by atoms with Gasteiger partial charge in [0, 0.05) is 6.61 Å². The molecule has 1 atom stereocenters. The minimum Gasteiger partial charge on any atom is -0.396 e. The fraction of sp³-hybridized carbons (Fsp3) is 0.235. The van der Waals surface area contributed by atoms with Crippen LogP contribution in [-0.2, 0) is 11.2 Å². The lowest BCUT2D eigenvalue weighted by molar-refractivity contribution is -0.121. The third-order valence-corrected chi connectivity index (χ3v) is 3.30. The van der Waals surface area contributed by atoms with Crippen LogP contribution in [0.15, 0.2) is 48.5 Å². The molecule has 0 saturated carbocycles. The van der Waals surface area contributed by atoms with Crippen LogP contribution in [0.1, 0.15) is 23.6 Å². The molecular weight excluding hydrogens is 288 g/mol. The van der Waals surface area contributed by atoms with E-state index < -0.39 is 11.6 Å². The first-order valence-corrected chi connectivity index (χ1v) is 6.99. The molecule has 0 heterocycles. The Morgan fingerprint density at radius 2 is 1.82 bits per heavy atom. The first-order valence-electron chi connectivity index (χ1n) is 6.99. The fourth-order valence-electron chi connectivity index (χ4n) is 2.22. The van der Waals surface area contributed by atoms with Crippen molar-refractivity contribution in [2.75, 3.05) is 6.61 Å². The summed E-state index contributed by atoms with van der Waals surface area (Å²) in [4.78, 5) is 12.1. The third-order valence-electron chi connectivity index (χ3n) is 3.30. The van der Waals surface area contributed by atoms with Gasteiger partial charge in [0.05, 0.1) is 12.5 Å². The molecule has 1 unspecified atom stereocenters. The quantitative estimate of drug-likeness (QED) is 0.862. The van der Waals surface area contributed by atoms with E-state index in [1.807, 2.05) is 30.3 Å². The predicted molar refractivity (Wildman–Crippen MR) is 79.1 cm³/mol. The van der Waals surface area contributed by atoms with Crippen LogP contribution in [0.3, 0.4) is 0 Å². The van der Waals surface area contributed by atoms with E-state index in [1.54, 1.807) is 0 Å². The van der Waals surface area contributed by atoms with Gasteiger partial charge in [-0.05, 0) is 29.7 Å². The maximum Gasteiger partial charge on any atom is 0.224 e. The number of rotatable bonds is 6. The van der Waals surface area contributed by atoms with E-state index in [-0.39, 0.29) is 25.0 Å². The Balaban J connectivity index is 2.03. The number of hydrogen-bond donors (Lipinski definition) is 2. The summed E-state index contributed by atoms with van der Waals surface area (Å²) in [5, 5.41) is 11.9. The summed E-state index contributed by atoms with van der Waals surface area (Å²) < 4.78 is 26.0. The number of carbonyl (C=O) groups excluding carboxylic acids is 1. The van der Waals surface area contributed by atoms with Crippen LogP contribution in [-0.4, -0.2) is 17.6 Å². The summed E-state index contributed by atoms with van der Waals surface area (Å²) in [7, 11) is 0. The van der Waals surface area contributed by atoms with E-state index in [0.29, 0.717) is 12.0 Å². The molecular formula is C17H17F2NO2. The summed E-state index contributed by atoms with van der Waals surface area (Å²) in [5.74, 6) is -2.22. The molecule has 2 rings (SSSR count). The molecule has 0 aliphatic rings. The lowest BCUT2D eigenvalue weighted by Crippen LogP contribution is -2.30. The molecule has 5 heteroatoms. The zero-order valence-corrected chi connectivity index (χ0v) is 11.9. The third kappa shape index (κ3) is 4.36. The molecule has 0 saturated heterocycles. The van der Waals surface area contributed by atoms with Crippen LogP contribution >= 0.6 is 0 Å². The topological polar surface area (TPSA) is 49.3 Å². The summed E-state index contributed by atoms with van der Waals surface area (Å²) in [6, 6.07) is 12.4. The summed E-state index contributed by atoms with van der Waals surface area (Å²) >= 11 is 0. The van der Waals surface area contributed by atoms with Crippen molar-refractivity contribution in [1.29, 1.82) is 0 Å². The molecule has 2 aromatic carbocycles. The van der Waals surface area contributed by atoms with Crippen molar-refractivity contribution in [2.45, 2.75) is 18.9 Å². The van der Waals surface area contributed by atoms with E-state index in [0.717, 1.165) is 17.7 Å². The van der Waals surface area contributed by atoms with E-state index in [4.69, 9.17) is 5.11 Å². The molecule has 0 aliphatic heterocycles. The van der Waals surface area contributed by atoms with Gasteiger partial charge < -0.3 is 10.4 Å². The number of carbonyl (C=O) groups is 1. The fourth-order valence-corrected chi connectivity index (χ4v) is 2.22. The average molecular weight is 305 g/mol. The molecule has 0 aromatic heterocycles. The SMILES string of the molecule is O=C(Cc1ccc(F)c(F)c1)NC(CCO)c1ccccc1. The van der Waals surface area contributed by atoms with Gasteiger partial charge in [0.15, 0.2) is 11.6 Å². The molecule has 116 valence electrons. The standard InChI is InChI=1S/C17H17F2NO2/c18-14-7-6-12(10-15(14)19)11-17(22)20-16(8-9-21)13-4-2-1-3-5-13/h1-7,10,16,21H,8-9,11H2,(H,20,22). The number of aliphatic hydroxyl groups is 1. The monoisotopic (exact) mass is 305 g/mol. The largest absolute Gasteiger partial charge is 0.396 e. The van der Waals surface area contributed by atoms with Crippen molar-refractivity contribution >= 4 is 5.91 Å². The maximum absolute atomic E-state index is 13.1. The minimum absolute atomic E-state index is 0.0496. The summed E-state index contributed by atoms with van der Waals surface area (Å²) in [6.07, 6.45) is 0.333. The van der Waals surface area contributed by atoms with Crippen LogP contribution in [0.4, 0.5) is 8.78 Å². The van der Waals surface area contributed by atoms with Crippen LogP contribution in [0, 0.1) is 11.6 Å². The Bertz CT molecular complexity index is 632. The van der Waals surface area contributed by atoms with Gasteiger partial charge in [0.25, 0.3) is 0 Å². The molecule has 2 N–H and O–H groups in total. The highest BCUT2D eigenvalue weighted by Gasteiger charge is 2.14. The van der Waals surface area contributed by atoms with Crippen molar-refractivity contribution in [2.24, 2.45) is 0 Å². The molecule has 3 nitrogen and oxygen atoms in total. The highest BCUT2D eigenvalue weighted by Crippen LogP contribution is 2.16. The van der Waals surface area contributed by atoms with Gasteiger partial charge in [-0.15, -0.1) is 0 Å². The van der Waals surface area contributed by atoms with E-state index in [1.165, 1.54) is 6.07 Å². The second-order valence-corrected chi connectivity index (χ2v) is 4.97. The summed E-state index contributed by atoms with van der Waals surface area (Å²) in [6.45, 7) is -0.0645. The lowest BCUT2D eigenvalue weighted by atomic mass is 10.0. The van der Waals surface area contributed by atoms with Crippen molar-refractivity contribution in [3.63, 3.8) is 0 Å². The van der Waals surface area contributed by atoms with Gasteiger partial charge in [-0.2, -0.15) is 0 Å². The molecule has 22 heavy (non-hydrogen) atoms. The van der Waals surface area contributed by atoms with Crippen molar-refractivity contribution < 1.29 is 18.7 Å². The zero-order chi connectivity index (χ0) is 15.9. The van der Waals surface area contributed by atoms with Gasteiger partial charge in [-0.1, -0.05) is 36.4 Å². The van der Waals surface area contributed by atoms with Gasteiger partial charge in [-0.3, -0.25) is 4.79 Å². The van der Waals surface area contributed by atoms with Crippen LogP contribution in [0.2, 0.25) is 0 Å². The van der Waals surface area contributed by atoms with Crippen molar-refractivity contribution in [1.82, 2.24) is 5.32 Å². The van der Waals surface area contributed by atoms with E-state index >= 15 is 0 Å². The molecule has 0 spiro atoms. The number of halogens is 2. The summed E-state index contributed by atoms with van der Waals surface area (Å²) in [5.41, 5.74) is 1.28. The molecule has 0 fully saturated rings. The number of aliphatic hydroxyl groups excluding tert-OH is 1. The van der Waals surface area contributed by atoms with Gasteiger partial charge in [0.1, 0.15) is 0 Å². The second-order valence-electron chi connectivity index (χ2n) is 4.97. The van der Waals surface area contributed by atoms with Crippen molar-refractivity contribution in [3.8, 4) is 0 Å². The van der Waals surface area contributed by atoms with E-state index in [2.05, 4.69) is 5.32 Å². The second kappa shape index (κ2) is 7.66. The van der Waals surface area contributed by atoms with Gasteiger partial charge in [0.2, 0.25) is 5.91 Å². The Morgan fingerprint density at radius 3 is 2.45 bits per heavy atom. The molecule has 0 radical (unpaired) electrons. The lowest BCUT2D eigenvalue weighted by Gasteiger charge is -2.18. The van der Waals surface area contributed by atoms with Gasteiger partial charge >= 0.3 is 0 Å². The number of hydrogen-bond acceptors (Lipinski definition) is 2. The number of benzene rings is 2. The number of nitrogens with one attached hydrogen (secondary N) is 1. The maximum atomic E-state index is 13.1. The first kappa shape index (κ1) is 16.1. The smallest absolute Gasteiger partial charge is 0.224 e. The Hall–Kier alpha value is -2.27. The normalized spacial score (nSPS) is 12.0. The highest BCUT2D eigenvalue weighted by molar-refractivity contribution is 5.79. The molecule has 1 amide bonds. The zero-order valence-electron chi connectivity index (χ0n) is 11.9. The molecule has 0 aliphatic carbocycles. The number of amides is 1.